The Morgan fingerprint density at radius 1 is 1.12 bits per heavy atom. The van der Waals surface area contributed by atoms with Gasteiger partial charge in [0.25, 0.3) is 0 Å². The van der Waals surface area contributed by atoms with Crippen molar-refractivity contribution >= 4 is 34.0 Å². The van der Waals surface area contributed by atoms with Crippen molar-refractivity contribution in [2.24, 2.45) is 5.92 Å². The molecule has 128 valence electrons. The predicted octanol–water partition coefficient (Wildman–Crippen LogP) is 5.24. The van der Waals surface area contributed by atoms with Crippen LogP contribution < -0.4 is 5.32 Å². The fourth-order valence-corrected chi connectivity index (χ4v) is 3.49. The van der Waals surface area contributed by atoms with E-state index in [1.807, 2.05) is 61.7 Å². The molecule has 3 rings (SSSR count). The largest absolute Gasteiger partial charge is 0.301 e. The highest BCUT2D eigenvalue weighted by molar-refractivity contribution is 7.14. The second kappa shape index (κ2) is 7.76. The van der Waals surface area contributed by atoms with E-state index in [4.69, 9.17) is 11.6 Å². The number of nitrogens with zero attached hydrogens (tertiary/aromatic N) is 2. The first kappa shape index (κ1) is 17.6. The first-order chi connectivity index (χ1) is 12.0. The SMILES string of the molecule is CC(C)[C@@H](C(=O)Nc1nc(-c2ccccn2)cs1)c1ccc(Cl)cc1. The van der Waals surface area contributed by atoms with Gasteiger partial charge in [0.15, 0.2) is 5.13 Å². The Labute approximate surface area is 155 Å². The number of anilines is 1. The summed E-state index contributed by atoms with van der Waals surface area (Å²) in [6.45, 7) is 4.06. The number of hydrogen-bond donors (Lipinski definition) is 1. The highest BCUT2D eigenvalue weighted by Gasteiger charge is 2.25. The number of hydrogen-bond acceptors (Lipinski definition) is 4. The average molecular weight is 372 g/mol. The van der Waals surface area contributed by atoms with Crippen LogP contribution >= 0.6 is 22.9 Å². The third-order valence-electron chi connectivity index (χ3n) is 3.84. The minimum Gasteiger partial charge on any atom is -0.301 e. The number of amides is 1. The van der Waals surface area contributed by atoms with Gasteiger partial charge in [0, 0.05) is 16.6 Å². The summed E-state index contributed by atoms with van der Waals surface area (Å²) in [6, 6.07) is 13.1. The highest BCUT2D eigenvalue weighted by atomic mass is 35.5. The van der Waals surface area contributed by atoms with E-state index in [9.17, 15) is 4.79 Å². The van der Waals surface area contributed by atoms with Gasteiger partial charge in [-0.2, -0.15) is 0 Å². The molecular weight excluding hydrogens is 354 g/mol. The van der Waals surface area contributed by atoms with E-state index in [0.29, 0.717) is 10.2 Å². The molecule has 0 saturated heterocycles. The summed E-state index contributed by atoms with van der Waals surface area (Å²) in [5.74, 6) is -0.185. The second-order valence-corrected chi connectivity index (χ2v) is 7.31. The summed E-state index contributed by atoms with van der Waals surface area (Å²) >= 11 is 7.35. The number of rotatable bonds is 5. The maximum Gasteiger partial charge on any atom is 0.233 e. The molecule has 2 aromatic heterocycles. The van der Waals surface area contributed by atoms with Crippen LogP contribution in [0.1, 0.15) is 25.3 Å². The van der Waals surface area contributed by atoms with Gasteiger partial charge < -0.3 is 5.32 Å². The van der Waals surface area contributed by atoms with E-state index < -0.39 is 0 Å². The topological polar surface area (TPSA) is 54.9 Å². The van der Waals surface area contributed by atoms with Gasteiger partial charge in [0.2, 0.25) is 5.91 Å². The quantitative estimate of drug-likeness (QED) is 0.667. The van der Waals surface area contributed by atoms with Gasteiger partial charge in [-0.3, -0.25) is 9.78 Å². The van der Waals surface area contributed by atoms with Crippen molar-refractivity contribution in [1.82, 2.24) is 9.97 Å². The summed E-state index contributed by atoms with van der Waals surface area (Å²) in [5.41, 5.74) is 2.49. The molecule has 0 radical (unpaired) electrons. The smallest absolute Gasteiger partial charge is 0.233 e. The summed E-state index contributed by atoms with van der Waals surface area (Å²) < 4.78 is 0. The van der Waals surface area contributed by atoms with Gasteiger partial charge in [-0.25, -0.2) is 4.98 Å². The lowest BCUT2D eigenvalue weighted by molar-refractivity contribution is -0.118. The molecule has 4 nitrogen and oxygen atoms in total. The lowest BCUT2D eigenvalue weighted by Gasteiger charge is -2.20. The van der Waals surface area contributed by atoms with Crippen molar-refractivity contribution in [2.75, 3.05) is 5.32 Å². The zero-order valence-electron chi connectivity index (χ0n) is 13.9. The maximum atomic E-state index is 12.8. The molecule has 0 aliphatic carbocycles. The molecule has 1 atom stereocenters. The molecule has 3 aromatic rings. The molecule has 0 fully saturated rings. The number of benzene rings is 1. The zero-order chi connectivity index (χ0) is 17.8. The fourth-order valence-electron chi connectivity index (χ4n) is 2.66. The molecule has 0 unspecified atom stereocenters. The van der Waals surface area contributed by atoms with Gasteiger partial charge in [0.1, 0.15) is 5.69 Å². The Hall–Kier alpha value is -2.24. The van der Waals surface area contributed by atoms with Crippen LogP contribution in [0.3, 0.4) is 0 Å². The molecule has 6 heteroatoms. The van der Waals surface area contributed by atoms with E-state index in [1.165, 1.54) is 11.3 Å². The van der Waals surface area contributed by atoms with Gasteiger partial charge in [0.05, 0.1) is 11.6 Å². The first-order valence-corrected chi connectivity index (χ1v) is 9.23. The van der Waals surface area contributed by atoms with E-state index in [0.717, 1.165) is 17.0 Å². The van der Waals surface area contributed by atoms with Crippen molar-refractivity contribution in [3.05, 3.63) is 64.6 Å². The van der Waals surface area contributed by atoms with Crippen LogP contribution in [0.25, 0.3) is 11.4 Å². The molecular formula is C19H18ClN3OS. The monoisotopic (exact) mass is 371 g/mol. The fraction of sp³-hybridized carbons (Fsp3) is 0.211. The average Bonchev–Trinajstić information content (AvgIpc) is 3.06. The first-order valence-electron chi connectivity index (χ1n) is 7.98. The minimum absolute atomic E-state index is 0.0701. The van der Waals surface area contributed by atoms with E-state index in [2.05, 4.69) is 15.3 Å². The van der Waals surface area contributed by atoms with Gasteiger partial charge >= 0.3 is 0 Å². The standard InChI is InChI=1S/C19H18ClN3OS/c1-12(2)17(13-6-8-14(20)9-7-13)18(24)23-19-22-16(11-25-19)15-5-3-4-10-21-15/h3-12,17H,1-2H3,(H,22,23,24)/t17-/m1/s1. The Morgan fingerprint density at radius 3 is 2.52 bits per heavy atom. The summed E-state index contributed by atoms with van der Waals surface area (Å²) in [4.78, 5) is 21.5. The van der Waals surface area contributed by atoms with E-state index >= 15 is 0 Å². The summed E-state index contributed by atoms with van der Waals surface area (Å²) in [6.07, 6.45) is 1.72. The second-order valence-electron chi connectivity index (χ2n) is 6.02. The Bertz CT molecular complexity index is 847. The van der Waals surface area contributed by atoms with Crippen LogP contribution in [-0.4, -0.2) is 15.9 Å². The molecule has 0 bridgehead atoms. The zero-order valence-corrected chi connectivity index (χ0v) is 15.5. The lowest BCUT2D eigenvalue weighted by atomic mass is 9.88. The predicted molar refractivity (Wildman–Crippen MR) is 103 cm³/mol. The van der Waals surface area contributed by atoms with E-state index in [-0.39, 0.29) is 17.7 Å². The van der Waals surface area contributed by atoms with Crippen LogP contribution in [0.15, 0.2) is 54.0 Å². The van der Waals surface area contributed by atoms with Gasteiger partial charge in [-0.05, 0) is 35.7 Å². The number of thiazole rings is 1. The Balaban J connectivity index is 1.78. The van der Waals surface area contributed by atoms with Crippen molar-refractivity contribution in [3.63, 3.8) is 0 Å². The van der Waals surface area contributed by atoms with Crippen LogP contribution in [-0.2, 0) is 4.79 Å². The molecule has 1 aromatic carbocycles. The normalized spacial score (nSPS) is 12.2. The van der Waals surface area contributed by atoms with Crippen molar-refractivity contribution < 1.29 is 4.79 Å². The molecule has 2 heterocycles. The number of halogens is 1. The van der Waals surface area contributed by atoms with Gasteiger partial charge in [-0.1, -0.05) is 43.6 Å². The van der Waals surface area contributed by atoms with Crippen molar-refractivity contribution in [2.45, 2.75) is 19.8 Å². The molecule has 0 aliphatic rings. The number of aromatic nitrogens is 2. The maximum absolute atomic E-state index is 12.8. The summed E-state index contributed by atoms with van der Waals surface area (Å²) in [5, 5.41) is 6.06. The third kappa shape index (κ3) is 4.24. The lowest BCUT2D eigenvalue weighted by Crippen LogP contribution is -2.25. The molecule has 0 saturated carbocycles. The molecule has 0 spiro atoms. The van der Waals surface area contributed by atoms with Crippen LogP contribution in [0, 0.1) is 5.92 Å². The van der Waals surface area contributed by atoms with Gasteiger partial charge in [-0.15, -0.1) is 11.3 Å². The number of carbonyl (C=O) groups is 1. The molecule has 0 aliphatic heterocycles. The van der Waals surface area contributed by atoms with Crippen LogP contribution in [0.4, 0.5) is 5.13 Å². The molecule has 25 heavy (non-hydrogen) atoms. The number of nitrogens with one attached hydrogen (secondary N) is 1. The third-order valence-corrected chi connectivity index (χ3v) is 4.85. The number of carbonyl (C=O) groups excluding carboxylic acids is 1. The van der Waals surface area contributed by atoms with E-state index in [1.54, 1.807) is 6.20 Å². The van der Waals surface area contributed by atoms with Crippen molar-refractivity contribution in [3.8, 4) is 11.4 Å². The number of pyridine rings is 1. The Kier molecular flexibility index (Phi) is 5.46. The highest BCUT2D eigenvalue weighted by Crippen LogP contribution is 2.29. The Morgan fingerprint density at radius 2 is 1.88 bits per heavy atom. The minimum atomic E-state index is -0.264. The molecule has 1 N–H and O–H groups in total. The summed E-state index contributed by atoms with van der Waals surface area (Å²) in [7, 11) is 0. The van der Waals surface area contributed by atoms with Crippen LogP contribution in [0.5, 0.6) is 0 Å². The van der Waals surface area contributed by atoms with Crippen LogP contribution in [0.2, 0.25) is 5.02 Å². The molecule has 1 amide bonds. The van der Waals surface area contributed by atoms with Crippen molar-refractivity contribution in [1.29, 1.82) is 0 Å².